The molecule has 3 aliphatic rings. The number of ketones is 1. The molecule has 192 valence electrons. The third-order valence-corrected chi connectivity index (χ3v) is 7.14. The molecule has 3 aliphatic heterocycles. The van der Waals surface area contributed by atoms with Gasteiger partial charge in [-0.2, -0.15) is 0 Å². The summed E-state index contributed by atoms with van der Waals surface area (Å²) in [6.07, 6.45) is -3.38. The second-order valence-electron chi connectivity index (χ2n) is 10.2. The van der Waals surface area contributed by atoms with Gasteiger partial charge in [0, 0.05) is 44.0 Å². The van der Waals surface area contributed by atoms with Gasteiger partial charge in [0.2, 0.25) is 12.3 Å². The normalized spacial score (nSPS) is 25.9. The smallest absolute Gasteiger partial charge is 0.251 e. The third kappa shape index (κ3) is 5.48. The fourth-order valence-corrected chi connectivity index (χ4v) is 5.16. The molecule has 3 fully saturated rings. The zero-order chi connectivity index (χ0) is 25.3. The van der Waals surface area contributed by atoms with Crippen LogP contribution >= 0.6 is 0 Å². The maximum atomic E-state index is 13.6. The molecule has 0 aromatic heterocycles. The quantitative estimate of drug-likeness (QED) is 0.624. The molecule has 0 aliphatic carbocycles. The van der Waals surface area contributed by atoms with Crippen molar-refractivity contribution in [1.82, 2.24) is 15.1 Å². The van der Waals surface area contributed by atoms with E-state index < -0.39 is 42.3 Å². The van der Waals surface area contributed by atoms with Gasteiger partial charge in [0.05, 0.1) is 12.0 Å². The Hall–Kier alpha value is -2.59. The minimum absolute atomic E-state index is 0.0590. The van der Waals surface area contributed by atoms with Crippen molar-refractivity contribution in [2.45, 2.75) is 44.9 Å². The van der Waals surface area contributed by atoms with Crippen molar-refractivity contribution >= 4 is 23.3 Å². The highest BCUT2D eigenvalue weighted by atomic mass is 19.3. The summed E-state index contributed by atoms with van der Waals surface area (Å²) in [4.78, 5) is 44.5. The third-order valence-electron chi connectivity index (χ3n) is 7.14. The lowest BCUT2D eigenvalue weighted by Crippen LogP contribution is -2.52. The maximum absolute atomic E-state index is 13.6. The van der Waals surface area contributed by atoms with Crippen molar-refractivity contribution in [3.8, 4) is 0 Å². The molecule has 4 rings (SSSR count). The van der Waals surface area contributed by atoms with Crippen molar-refractivity contribution in [1.29, 1.82) is 0 Å². The van der Waals surface area contributed by atoms with E-state index in [4.69, 9.17) is 4.74 Å². The number of nitrogens with one attached hydrogen (secondary N) is 1. The van der Waals surface area contributed by atoms with Gasteiger partial charge in [0.15, 0.2) is 5.78 Å². The highest BCUT2D eigenvalue weighted by molar-refractivity contribution is 5.99. The SMILES string of the molecule is CC(C)CC(NC(=O)c1ccc(N2CCN(C)CC2)cc1)C(=O)N1C[C@H](C(F)F)[C@H]2OCC(=O)[C@H]21. The first-order chi connectivity index (χ1) is 16.7. The molecule has 1 aromatic rings. The summed E-state index contributed by atoms with van der Waals surface area (Å²) in [6.45, 7) is 7.05. The molecule has 8 nitrogen and oxygen atoms in total. The number of piperazine rings is 1. The number of halogens is 2. The Balaban J connectivity index is 1.46. The van der Waals surface area contributed by atoms with Crippen LogP contribution in [0.2, 0.25) is 0 Å². The highest BCUT2D eigenvalue weighted by Crippen LogP contribution is 2.35. The van der Waals surface area contributed by atoms with Gasteiger partial charge >= 0.3 is 0 Å². The number of carbonyl (C=O) groups is 3. The van der Waals surface area contributed by atoms with Crippen LogP contribution in [-0.2, 0) is 14.3 Å². The Bertz CT molecular complexity index is 934. The number of carbonyl (C=O) groups excluding carboxylic acids is 3. The summed E-state index contributed by atoms with van der Waals surface area (Å²) in [5.74, 6) is -2.46. The first-order valence-corrected chi connectivity index (χ1v) is 12.2. The van der Waals surface area contributed by atoms with E-state index in [1.54, 1.807) is 12.1 Å². The van der Waals surface area contributed by atoms with Gasteiger partial charge in [-0.05, 0) is 43.7 Å². The lowest BCUT2D eigenvalue weighted by Gasteiger charge is -2.34. The van der Waals surface area contributed by atoms with E-state index in [9.17, 15) is 23.2 Å². The number of alkyl halides is 2. The molecule has 3 heterocycles. The molecule has 0 spiro atoms. The molecule has 4 atom stereocenters. The van der Waals surface area contributed by atoms with Gasteiger partial charge in [-0.15, -0.1) is 0 Å². The van der Waals surface area contributed by atoms with Crippen LogP contribution in [0.3, 0.4) is 0 Å². The fraction of sp³-hybridized carbons (Fsp3) is 0.640. The van der Waals surface area contributed by atoms with Crippen LogP contribution in [0.25, 0.3) is 0 Å². The lowest BCUT2D eigenvalue weighted by atomic mass is 10.0. The van der Waals surface area contributed by atoms with E-state index in [0.29, 0.717) is 12.0 Å². The Labute approximate surface area is 204 Å². The fourth-order valence-electron chi connectivity index (χ4n) is 5.16. The summed E-state index contributed by atoms with van der Waals surface area (Å²) in [7, 11) is 2.09. The second kappa shape index (κ2) is 10.6. The van der Waals surface area contributed by atoms with Crippen LogP contribution in [0.5, 0.6) is 0 Å². The van der Waals surface area contributed by atoms with Gasteiger partial charge in [-0.25, -0.2) is 8.78 Å². The minimum atomic E-state index is -2.71. The van der Waals surface area contributed by atoms with Crippen molar-refractivity contribution in [3.63, 3.8) is 0 Å². The summed E-state index contributed by atoms with van der Waals surface area (Å²) in [5.41, 5.74) is 1.44. The monoisotopic (exact) mass is 492 g/mol. The first-order valence-electron chi connectivity index (χ1n) is 12.2. The summed E-state index contributed by atoms with van der Waals surface area (Å²) < 4.78 is 32.4. The molecule has 3 saturated heterocycles. The summed E-state index contributed by atoms with van der Waals surface area (Å²) in [6, 6.07) is 5.31. The zero-order valence-electron chi connectivity index (χ0n) is 20.5. The standard InChI is InChI=1S/C25H34F2N4O4/c1-15(2)12-19(25(34)31-13-18(23(26)27)22-21(31)20(32)14-35-22)28-24(33)16-4-6-17(7-5-16)30-10-8-29(3)9-11-30/h4-7,15,18-19,21-23H,8-14H2,1-3H3,(H,28,33)/t18-,19?,21+,22+/m0/s1. The zero-order valence-corrected chi connectivity index (χ0v) is 20.5. The molecular formula is C25H34F2N4O4. The number of hydrogen-bond acceptors (Lipinski definition) is 6. The van der Waals surface area contributed by atoms with Gasteiger partial charge in [-0.1, -0.05) is 13.8 Å². The van der Waals surface area contributed by atoms with Gasteiger partial charge < -0.3 is 24.8 Å². The number of ether oxygens (including phenoxy) is 1. The molecule has 10 heteroatoms. The van der Waals surface area contributed by atoms with Crippen LogP contribution in [0, 0.1) is 11.8 Å². The molecule has 35 heavy (non-hydrogen) atoms. The summed E-state index contributed by atoms with van der Waals surface area (Å²) >= 11 is 0. The van der Waals surface area contributed by atoms with Gasteiger partial charge in [0.1, 0.15) is 18.7 Å². The Kier molecular flexibility index (Phi) is 7.70. The van der Waals surface area contributed by atoms with E-state index in [0.717, 1.165) is 31.9 Å². The molecule has 2 amide bonds. The average molecular weight is 493 g/mol. The van der Waals surface area contributed by atoms with Crippen LogP contribution < -0.4 is 10.2 Å². The average Bonchev–Trinajstić information content (AvgIpc) is 3.39. The van der Waals surface area contributed by atoms with E-state index in [1.807, 2.05) is 26.0 Å². The molecule has 1 aromatic carbocycles. The predicted octanol–water partition coefficient (Wildman–Crippen LogP) is 1.64. The molecule has 0 bridgehead atoms. The number of benzene rings is 1. The van der Waals surface area contributed by atoms with E-state index in [-0.39, 0.29) is 24.9 Å². The number of Topliss-reactive ketones (excluding diaryl/α,β-unsaturated/α-hetero) is 1. The molecule has 1 unspecified atom stereocenters. The van der Waals surface area contributed by atoms with Crippen LogP contribution in [-0.4, -0.2) is 98.4 Å². The number of likely N-dealkylation sites (N-methyl/N-ethyl adjacent to an activating group) is 1. The van der Waals surface area contributed by atoms with Crippen molar-refractivity contribution in [3.05, 3.63) is 29.8 Å². The number of fused-ring (bicyclic) bond motifs is 1. The summed E-state index contributed by atoms with van der Waals surface area (Å²) in [5, 5.41) is 2.79. The van der Waals surface area contributed by atoms with Crippen molar-refractivity contribution < 1.29 is 27.9 Å². The predicted molar refractivity (Wildman–Crippen MR) is 127 cm³/mol. The van der Waals surface area contributed by atoms with E-state index >= 15 is 0 Å². The largest absolute Gasteiger partial charge is 0.369 e. The molecule has 0 saturated carbocycles. The molecular weight excluding hydrogens is 458 g/mol. The maximum Gasteiger partial charge on any atom is 0.251 e. The Morgan fingerprint density at radius 2 is 1.77 bits per heavy atom. The van der Waals surface area contributed by atoms with Crippen LogP contribution in [0.1, 0.15) is 30.6 Å². The van der Waals surface area contributed by atoms with E-state index in [1.165, 1.54) is 4.90 Å². The van der Waals surface area contributed by atoms with Crippen LogP contribution in [0.4, 0.5) is 14.5 Å². The van der Waals surface area contributed by atoms with E-state index in [2.05, 4.69) is 22.2 Å². The number of hydrogen-bond donors (Lipinski definition) is 1. The highest BCUT2D eigenvalue weighted by Gasteiger charge is 2.55. The van der Waals surface area contributed by atoms with Gasteiger partial charge in [-0.3, -0.25) is 14.4 Å². The number of rotatable bonds is 7. The number of amides is 2. The first kappa shape index (κ1) is 25.5. The number of likely N-dealkylation sites (tertiary alicyclic amines) is 1. The lowest BCUT2D eigenvalue weighted by molar-refractivity contribution is -0.138. The Morgan fingerprint density at radius 3 is 2.37 bits per heavy atom. The second-order valence-corrected chi connectivity index (χ2v) is 10.2. The molecule has 0 radical (unpaired) electrons. The topological polar surface area (TPSA) is 82.2 Å². The van der Waals surface area contributed by atoms with Crippen molar-refractivity contribution in [2.24, 2.45) is 11.8 Å². The number of anilines is 1. The minimum Gasteiger partial charge on any atom is -0.369 e. The van der Waals surface area contributed by atoms with Crippen LogP contribution in [0.15, 0.2) is 24.3 Å². The molecule has 1 N–H and O–H groups in total. The Morgan fingerprint density at radius 1 is 1.11 bits per heavy atom. The van der Waals surface area contributed by atoms with Crippen molar-refractivity contribution in [2.75, 3.05) is 51.3 Å². The van der Waals surface area contributed by atoms with Gasteiger partial charge in [0.25, 0.3) is 5.91 Å². The number of nitrogens with zero attached hydrogens (tertiary/aromatic N) is 3.